The second-order valence-corrected chi connectivity index (χ2v) is 13.4. The maximum atomic E-state index is 14.5. The number of hydrogen-bond donors (Lipinski definition) is 1. The topological polar surface area (TPSA) is 86.8 Å². The molecule has 4 aromatic rings. The highest BCUT2D eigenvalue weighted by Crippen LogP contribution is 2.27. The molecule has 0 aliphatic heterocycles. The maximum absolute atomic E-state index is 14.5. The SMILES string of the molecule is Cc1ccc(N(CC(=O)N(Cc2cccc(Cl)c2)[C@H](Cc2ccccc2)C(=O)NC(C)C)S(=O)(=O)c2ccccc2)cc1C. The van der Waals surface area contributed by atoms with Crippen LogP contribution in [0.3, 0.4) is 0 Å². The zero-order valence-electron chi connectivity index (χ0n) is 25.4. The zero-order chi connectivity index (χ0) is 31.9. The lowest BCUT2D eigenvalue weighted by Crippen LogP contribution is -2.54. The molecule has 1 N–H and O–H groups in total. The first-order valence-electron chi connectivity index (χ1n) is 14.5. The summed E-state index contributed by atoms with van der Waals surface area (Å²) in [4.78, 5) is 29.8. The molecule has 4 rings (SSSR count). The fourth-order valence-corrected chi connectivity index (χ4v) is 6.54. The molecule has 0 heterocycles. The number of hydrogen-bond acceptors (Lipinski definition) is 4. The van der Waals surface area contributed by atoms with Gasteiger partial charge in [0.05, 0.1) is 10.6 Å². The Hall–Kier alpha value is -4.14. The quantitative estimate of drug-likeness (QED) is 0.198. The number of nitrogens with zero attached hydrogens (tertiary/aromatic N) is 2. The molecule has 0 fully saturated rings. The standard InChI is InChI=1S/C35H38ClN3O4S/c1-25(2)37-35(41)33(22-28-12-7-5-8-13-28)38(23-29-14-11-15-30(36)21-29)34(40)24-39(31-19-18-26(3)27(4)20-31)44(42,43)32-16-9-6-10-17-32/h5-21,25,33H,22-24H2,1-4H3,(H,37,41)/t33-/m1/s1. The van der Waals surface area contributed by atoms with Gasteiger partial charge >= 0.3 is 0 Å². The van der Waals surface area contributed by atoms with Crippen molar-refractivity contribution in [2.45, 2.75) is 57.6 Å². The number of amides is 2. The smallest absolute Gasteiger partial charge is 0.264 e. The summed E-state index contributed by atoms with van der Waals surface area (Å²) in [7, 11) is -4.15. The van der Waals surface area contributed by atoms with Crippen molar-refractivity contribution in [3.05, 3.63) is 130 Å². The van der Waals surface area contributed by atoms with Crippen LogP contribution in [0.2, 0.25) is 5.02 Å². The van der Waals surface area contributed by atoms with Crippen LogP contribution in [0.25, 0.3) is 0 Å². The van der Waals surface area contributed by atoms with E-state index in [0.29, 0.717) is 16.3 Å². The van der Waals surface area contributed by atoms with Gasteiger partial charge in [0.25, 0.3) is 10.0 Å². The molecule has 0 bridgehead atoms. The van der Waals surface area contributed by atoms with E-state index in [4.69, 9.17) is 11.6 Å². The molecule has 2 amide bonds. The van der Waals surface area contributed by atoms with Crippen LogP contribution in [-0.4, -0.2) is 43.8 Å². The van der Waals surface area contributed by atoms with Crippen molar-refractivity contribution in [3.8, 4) is 0 Å². The maximum Gasteiger partial charge on any atom is 0.264 e. The van der Waals surface area contributed by atoms with Crippen molar-refractivity contribution in [1.82, 2.24) is 10.2 Å². The van der Waals surface area contributed by atoms with E-state index >= 15 is 0 Å². The second-order valence-electron chi connectivity index (χ2n) is 11.1. The van der Waals surface area contributed by atoms with Gasteiger partial charge in [-0.3, -0.25) is 13.9 Å². The van der Waals surface area contributed by atoms with Crippen LogP contribution < -0.4 is 9.62 Å². The molecule has 230 valence electrons. The van der Waals surface area contributed by atoms with E-state index in [1.165, 1.54) is 17.0 Å². The van der Waals surface area contributed by atoms with Gasteiger partial charge in [-0.15, -0.1) is 0 Å². The van der Waals surface area contributed by atoms with E-state index in [2.05, 4.69) is 5.32 Å². The molecule has 0 unspecified atom stereocenters. The Morgan fingerprint density at radius 3 is 2.05 bits per heavy atom. The molecule has 7 nitrogen and oxygen atoms in total. The molecule has 0 aromatic heterocycles. The Balaban J connectivity index is 1.82. The van der Waals surface area contributed by atoms with Gasteiger partial charge in [0, 0.05) is 24.0 Å². The lowest BCUT2D eigenvalue weighted by Gasteiger charge is -2.34. The number of sulfonamides is 1. The minimum Gasteiger partial charge on any atom is -0.352 e. The van der Waals surface area contributed by atoms with Crippen molar-refractivity contribution >= 4 is 39.1 Å². The van der Waals surface area contributed by atoms with Crippen LogP contribution in [0, 0.1) is 13.8 Å². The van der Waals surface area contributed by atoms with Crippen molar-refractivity contribution in [2.75, 3.05) is 10.8 Å². The summed E-state index contributed by atoms with van der Waals surface area (Å²) >= 11 is 6.30. The molecule has 0 radical (unpaired) electrons. The normalized spacial score (nSPS) is 12.0. The summed E-state index contributed by atoms with van der Waals surface area (Å²) in [5.41, 5.74) is 3.82. The van der Waals surface area contributed by atoms with Crippen molar-refractivity contribution in [2.24, 2.45) is 0 Å². The van der Waals surface area contributed by atoms with Crippen LogP contribution in [0.4, 0.5) is 5.69 Å². The minimum atomic E-state index is -4.15. The Labute approximate surface area is 265 Å². The van der Waals surface area contributed by atoms with Crippen LogP contribution in [-0.2, 0) is 32.6 Å². The fourth-order valence-electron chi connectivity index (χ4n) is 4.90. The van der Waals surface area contributed by atoms with E-state index in [1.807, 2.05) is 70.2 Å². The highest BCUT2D eigenvalue weighted by molar-refractivity contribution is 7.92. The van der Waals surface area contributed by atoms with E-state index in [-0.39, 0.29) is 29.8 Å². The van der Waals surface area contributed by atoms with Crippen LogP contribution in [0.1, 0.15) is 36.1 Å². The highest BCUT2D eigenvalue weighted by atomic mass is 35.5. The van der Waals surface area contributed by atoms with E-state index in [9.17, 15) is 18.0 Å². The first kappa shape index (κ1) is 32.8. The summed E-state index contributed by atoms with van der Waals surface area (Å²) in [6, 6.07) is 28.8. The van der Waals surface area contributed by atoms with E-state index in [1.54, 1.807) is 48.5 Å². The summed E-state index contributed by atoms with van der Waals surface area (Å²) in [5, 5.41) is 3.45. The Morgan fingerprint density at radius 2 is 1.43 bits per heavy atom. The number of nitrogens with one attached hydrogen (secondary N) is 1. The van der Waals surface area contributed by atoms with Crippen molar-refractivity contribution < 1.29 is 18.0 Å². The molecule has 4 aromatic carbocycles. The zero-order valence-corrected chi connectivity index (χ0v) is 27.0. The molecule has 44 heavy (non-hydrogen) atoms. The number of anilines is 1. The molecular weight excluding hydrogens is 594 g/mol. The molecule has 0 aliphatic carbocycles. The van der Waals surface area contributed by atoms with Gasteiger partial charge in [-0.05, 0) is 86.3 Å². The van der Waals surface area contributed by atoms with Gasteiger partial charge in [-0.25, -0.2) is 8.42 Å². The summed E-state index contributed by atoms with van der Waals surface area (Å²) < 4.78 is 29.3. The number of carbonyl (C=O) groups is 2. The molecule has 1 atom stereocenters. The first-order valence-corrected chi connectivity index (χ1v) is 16.3. The van der Waals surface area contributed by atoms with Crippen LogP contribution >= 0.6 is 11.6 Å². The lowest BCUT2D eigenvalue weighted by molar-refractivity contribution is -0.140. The predicted octanol–water partition coefficient (Wildman–Crippen LogP) is 6.32. The molecule has 0 saturated heterocycles. The summed E-state index contributed by atoms with van der Waals surface area (Å²) in [6.45, 7) is 7.08. The second kappa shape index (κ2) is 14.6. The monoisotopic (exact) mass is 631 g/mol. The number of aryl methyl sites for hydroxylation is 2. The van der Waals surface area contributed by atoms with Gasteiger partial charge in [-0.2, -0.15) is 0 Å². The third-order valence-electron chi connectivity index (χ3n) is 7.33. The first-order chi connectivity index (χ1) is 21.0. The fraction of sp³-hybridized carbons (Fsp3) is 0.257. The third kappa shape index (κ3) is 8.27. The number of benzene rings is 4. The minimum absolute atomic E-state index is 0.0502. The summed E-state index contributed by atoms with van der Waals surface area (Å²) in [6.07, 6.45) is 0.237. The average Bonchev–Trinajstić information content (AvgIpc) is 2.99. The Kier molecular flexibility index (Phi) is 10.8. The van der Waals surface area contributed by atoms with Crippen molar-refractivity contribution in [1.29, 1.82) is 0 Å². The van der Waals surface area contributed by atoms with E-state index < -0.39 is 28.5 Å². The molecule has 0 saturated carbocycles. The predicted molar refractivity (Wildman–Crippen MR) is 176 cm³/mol. The third-order valence-corrected chi connectivity index (χ3v) is 9.36. The number of halogens is 1. The van der Waals surface area contributed by atoms with Gasteiger partial charge in [0.2, 0.25) is 11.8 Å². The molecule has 0 spiro atoms. The lowest BCUT2D eigenvalue weighted by atomic mass is 10.0. The van der Waals surface area contributed by atoms with Gasteiger partial charge < -0.3 is 10.2 Å². The van der Waals surface area contributed by atoms with E-state index in [0.717, 1.165) is 21.0 Å². The number of carbonyl (C=O) groups excluding carboxylic acids is 2. The largest absolute Gasteiger partial charge is 0.352 e. The van der Waals surface area contributed by atoms with Crippen LogP contribution in [0.5, 0.6) is 0 Å². The van der Waals surface area contributed by atoms with Crippen molar-refractivity contribution in [3.63, 3.8) is 0 Å². The summed E-state index contributed by atoms with van der Waals surface area (Å²) in [5.74, 6) is -0.856. The average molecular weight is 632 g/mol. The molecular formula is C35H38ClN3O4S. The Morgan fingerprint density at radius 1 is 0.795 bits per heavy atom. The number of rotatable bonds is 12. The van der Waals surface area contributed by atoms with Crippen LogP contribution in [0.15, 0.2) is 108 Å². The van der Waals surface area contributed by atoms with Gasteiger partial charge in [0.1, 0.15) is 12.6 Å². The van der Waals surface area contributed by atoms with Gasteiger partial charge in [-0.1, -0.05) is 78.3 Å². The molecule has 0 aliphatic rings. The van der Waals surface area contributed by atoms with Gasteiger partial charge in [0.15, 0.2) is 0 Å². The Bertz CT molecular complexity index is 1700. The molecule has 9 heteroatoms. The highest BCUT2D eigenvalue weighted by Gasteiger charge is 2.35.